The minimum Gasteiger partial charge on any atom is -0.466 e. The van der Waals surface area contributed by atoms with Gasteiger partial charge in [-0.15, -0.1) is 0 Å². The van der Waals surface area contributed by atoms with E-state index in [2.05, 4.69) is 5.32 Å². The number of benzene rings is 1. The van der Waals surface area contributed by atoms with Crippen LogP contribution in [0.3, 0.4) is 0 Å². The van der Waals surface area contributed by atoms with Crippen LogP contribution in [-0.4, -0.2) is 48.4 Å². The van der Waals surface area contributed by atoms with Crippen LogP contribution in [0.4, 0.5) is 0 Å². The zero-order chi connectivity index (χ0) is 17.1. The van der Waals surface area contributed by atoms with E-state index in [1.165, 1.54) is 4.90 Å². The number of fused-ring (bicyclic) bond motifs is 1. The number of carbonyl (C=O) groups excluding carboxylic acids is 3. The van der Waals surface area contributed by atoms with Gasteiger partial charge in [0.1, 0.15) is 0 Å². The summed E-state index contributed by atoms with van der Waals surface area (Å²) in [6.45, 7) is 3.09. The van der Waals surface area contributed by atoms with E-state index < -0.39 is 0 Å². The van der Waals surface area contributed by atoms with Gasteiger partial charge in [-0.05, 0) is 38.3 Å². The molecule has 1 fully saturated rings. The Labute approximate surface area is 141 Å². The third-order valence-corrected chi connectivity index (χ3v) is 4.70. The van der Waals surface area contributed by atoms with Gasteiger partial charge in [-0.3, -0.25) is 19.3 Å². The molecule has 0 aromatic heterocycles. The van der Waals surface area contributed by atoms with Crippen molar-refractivity contribution in [1.82, 2.24) is 10.2 Å². The number of amides is 2. The van der Waals surface area contributed by atoms with Crippen molar-refractivity contribution >= 4 is 17.8 Å². The molecule has 2 aliphatic rings. The molecule has 2 atom stereocenters. The highest BCUT2D eigenvalue weighted by molar-refractivity contribution is 6.21. The SMILES string of the molecule is CCOC(=O)C1CCC(NCCN2C(=O)c3ccccc3C2=O)C1. The lowest BCUT2D eigenvalue weighted by molar-refractivity contribution is -0.147. The summed E-state index contributed by atoms with van der Waals surface area (Å²) in [5.41, 5.74) is 0.955. The number of esters is 1. The Morgan fingerprint density at radius 3 is 2.50 bits per heavy atom. The summed E-state index contributed by atoms with van der Waals surface area (Å²) in [7, 11) is 0. The summed E-state index contributed by atoms with van der Waals surface area (Å²) < 4.78 is 5.06. The second-order valence-corrected chi connectivity index (χ2v) is 6.22. The lowest BCUT2D eigenvalue weighted by Gasteiger charge is -2.17. The fourth-order valence-electron chi connectivity index (χ4n) is 3.46. The number of imide groups is 1. The molecule has 1 aromatic carbocycles. The van der Waals surface area contributed by atoms with E-state index >= 15 is 0 Å². The first kappa shape index (κ1) is 16.6. The van der Waals surface area contributed by atoms with Gasteiger partial charge in [0.15, 0.2) is 0 Å². The number of nitrogens with one attached hydrogen (secondary N) is 1. The lowest BCUT2D eigenvalue weighted by atomic mass is 10.1. The summed E-state index contributed by atoms with van der Waals surface area (Å²) in [5, 5.41) is 3.35. The largest absolute Gasteiger partial charge is 0.466 e. The van der Waals surface area contributed by atoms with Crippen molar-refractivity contribution in [2.24, 2.45) is 5.92 Å². The van der Waals surface area contributed by atoms with Crippen LogP contribution >= 0.6 is 0 Å². The van der Waals surface area contributed by atoms with Gasteiger partial charge in [-0.2, -0.15) is 0 Å². The van der Waals surface area contributed by atoms with Crippen molar-refractivity contribution in [3.8, 4) is 0 Å². The standard InChI is InChI=1S/C18H22N2O4/c1-2-24-18(23)12-7-8-13(11-12)19-9-10-20-16(21)14-5-3-4-6-15(14)17(20)22/h3-6,12-13,19H,2,7-11H2,1H3. The maximum atomic E-state index is 12.3. The fraction of sp³-hybridized carbons (Fsp3) is 0.500. The molecule has 0 saturated heterocycles. The van der Waals surface area contributed by atoms with Crippen molar-refractivity contribution in [1.29, 1.82) is 0 Å². The molecule has 24 heavy (non-hydrogen) atoms. The average molecular weight is 330 g/mol. The molecule has 1 N–H and O–H groups in total. The van der Waals surface area contributed by atoms with Crippen LogP contribution in [0.25, 0.3) is 0 Å². The van der Waals surface area contributed by atoms with E-state index in [9.17, 15) is 14.4 Å². The molecule has 6 heteroatoms. The zero-order valence-electron chi connectivity index (χ0n) is 13.8. The van der Waals surface area contributed by atoms with Gasteiger partial charge in [0.2, 0.25) is 0 Å². The van der Waals surface area contributed by atoms with Gasteiger partial charge in [0.05, 0.1) is 23.7 Å². The second kappa shape index (κ2) is 7.13. The fourth-order valence-corrected chi connectivity index (χ4v) is 3.46. The molecule has 3 rings (SSSR count). The molecular weight excluding hydrogens is 308 g/mol. The Morgan fingerprint density at radius 1 is 1.21 bits per heavy atom. The molecule has 0 bridgehead atoms. The van der Waals surface area contributed by atoms with Gasteiger partial charge in [0, 0.05) is 19.1 Å². The van der Waals surface area contributed by atoms with Crippen LogP contribution in [0.2, 0.25) is 0 Å². The van der Waals surface area contributed by atoms with Gasteiger partial charge >= 0.3 is 5.97 Å². The number of nitrogens with zero attached hydrogens (tertiary/aromatic N) is 1. The molecular formula is C18H22N2O4. The Balaban J connectivity index is 1.47. The summed E-state index contributed by atoms with van der Waals surface area (Å²) in [4.78, 5) is 37.6. The van der Waals surface area contributed by atoms with Crippen molar-refractivity contribution in [2.45, 2.75) is 32.2 Å². The summed E-state index contributed by atoms with van der Waals surface area (Å²) in [5.74, 6) is -0.620. The minimum absolute atomic E-state index is 0.0400. The lowest BCUT2D eigenvalue weighted by Crippen LogP contribution is -2.39. The maximum Gasteiger partial charge on any atom is 0.308 e. The van der Waals surface area contributed by atoms with E-state index in [0.717, 1.165) is 19.3 Å². The molecule has 0 spiro atoms. The van der Waals surface area contributed by atoms with Gasteiger partial charge in [-0.1, -0.05) is 12.1 Å². The van der Waals surface area contributed by atoms with Crippen LogP contribution in [-0.2, 0) is 9.53 Å². The van der Waals surface area contributed by atoms with E-state index in [1.54, 1.807) is 24.3 Å². The zero-order valence-corrected chi connectivity index (χ0v) is 13.8. The average Bonchev–Trinajstić information content (AvgIpc) is 3.15. The number of hydrogen-bond acceptors (Lipinski definition) is 5. The predicted molar refractivity (Wildman–Crippen MR) is 87.6 cm³/mol. The topological polar surface area (TPSA) is 75.7 Å². The van der Waals surface area contributed by atoms with Crippen LogP contribution in [0.15, 0.2) is 24.3 Å². The van der Waals surface area contributed by atoms with Crippen LogP contribution in [0, 0.1) is 5.92 Å². The predicted octanol–water partition coefficient (Wildman–Crippen LogP) is 1.60. The normalized spacial score (nSPS) is 22.8. The monoisotopic (exact) mass is 330 g/mol. The molecule has 128 valence electrons. The Morgan fingerprint density at radius 2 is 1.88 bits per heavy atom. The van der Waals surface area contributed by atoms with Crippen molar-refractivity contribution in [3.05, 3.63) is 35.4 Å². The van der Waals surface area contributed by atoms with Crippen molar-refractivity contribution < 1.29 is 19.1 Å². The molecule has 1 aliphatic heterocycles. The van der Waals surface area contributed by atoms with Gasteiger partial charge < -0.3 is 10.1 Å². The van der Waals surface area contributed by atoms with Crippen molar-refractivity contribution in [3.63, 3.8) is 0 Å². The third-order valence-electron chi connectivity index (χ3n) is 4.70. The molecule has 1 aliphatic carbocycles. The smallest absolute Gasteiger partial charge is 0.308 e. The number of carbonyl (C=O) groups is 3. The quantitative estimate of drug-likeness (QED) is 0.633. The number of ether oxygens (including phenoxy) is 1. The van der Waals surface area contributed by atoms with Crippen LogP contribution in [0.5, 0.6) is 0 Å². The highest BCUT2D eigenvalue weighted by Crippen LogP contribution is 2.27. The summed E-state index contributed by atoms with van der Waals surface area (Å²) >= 11 is 0. The third kappa shape index (κ3) is 3.19. The first-order valence-electron chi connectivity index (χ1n) is 8.47. The van der Waals surface area contributed by atoms with Gasteiger partial charge in [0.25, 0.3) is 11.8 Å². The molecule has 1 heterocycles. The first-order chi connectivity index (χ1) is 11.6. The Bertz CT molecular complexity index is 623. The second-order valence-electron chi connectivity index (χ2n) is 6.22. The molecule has 1 aromatic rings. The minimum atomic E-state index is -0.228. The Kier molecular flexibility index (Phi) is 4.94. The highest BCUT2D eigenvalue weighted by Gasteiger charge is 2.35. The van der Waals surface area contributed by atoms with Crippen LogP contribution in [0.1, 0.15) is 46.9 Å². The molecule has 2 unspecified atom stereocenters. The van der Waals surface area contributed by atoms with Crippen molar-refractivity contribution in [2.75, 3.05) is 19.7 Å². The number of hydrogen-bond donors (Lipinski definition) is 1. The number of rotatable bonds is 6. The van der Waals surface area contributed by atoms with E-state index in [4.69, 9.17) is 4.74 Å². The summed E-state index contributed by atoms with van der Waals surface area (Å²) in [6.07, 6.45) is 2.48. The molecule has 2 amide bonds. The van der Waals surface area contributed by atoms with E-state index in [1.807, 2.05) is 6.92 Å². The highest BCUT2D eigenvalue weighted by atomic mass is 16.5. The van der Waals surface area contributed by atoms with E-state index in [0.29, 0.717) is 30.8 Å². The Hall–Kier alpha value is -2.21. The van der Waals surface area contributed by atoms with Gasteiger partial charge in [-0.25, -0.2) is 0 Å². The maximum absolute atomic E-state index is 12.3. The molecule has 1 saturated carbocycles. The van der Waals surface area contributed by atoms with Crippen LogP contribution < -0.4 is 5.32 Å². The summed E-state index contributed by atoms with van der Waals surface area (Å²) in [6, 6.07) is 7.13. The molecule has 0 radical (unpaired) electrons. The van der Waals surface area contributed by atoms with E-state index in [-0.39, 0.29) is 29.7 Å². The first-order valence-corrected chi connectivity index (χ1v) is 8.47. The molecule has 6 nitrogen and oxygen atoms in total.